The van der Waals surface area contributed by atoms with Crippen LogP contribution in [0.5, 0.6) is 0 Å². The van der Waals surface area contributed by atoms with Gasteiger partial charge in [-0.3, -0.25) is 4.90 Å². The Morgan fingerprint density at radius 2 is 2.35 bits per heavy atom. The molecule has 0 N–H and O–H groups in total. The zero-order valence-corrected chi connectivity index (χ0v) is 13.5. The van der Waals surface area contributed by atoms with Crippen molar-refractivity contribution in [2.45, 2.75) is 51.7 Å². The minimum absolute atomic E-state index is 0.0472. The van der Waals surface area contributed by atoms with Gasteiger partial charge in [0.05, 0.1) is 24.8 Å². The molecule has 5 heteroatoms. The monoisotopic (exact) mass is 293 g/mol. The quantitative estimate of drug-likeness (QED) is 0.859. The Balaban J connectivity index is 2.06. The fourth-order valence-electron chi connectivity index (χ4n) is 2.26. The second-order valence-electron chi connectivity index (χ2n) is 6.39. The SMILES string of the molecule is C[C@@H](CC#N)N1CCO[C@@H](c2nc(C(C)(C)C)cs2)C1. The lowest BCUT2D eigenvalue weighted by atomic mass is 9.93. The lowest BCUT2D eigenvalue weighted by Gasteiger charge is -2.35. The highest BCUT2D eigenvalue weighted by Crippen LogP contribution is 2.30. The predicted octanol–water partition coefficient (Wildman–Crippen LogP) is 3.12. The molecule has 0 radical (unpaired) electrons. The molecule has 20 heavy (non-hydrogen) atoms. The Morgan fingerprint density at radius 3 is 2.95 bits per heavy atom. The molecule has 0 amide bonds. The molecule has 0 unspecified atom stereocenters. The molecule has 0 saturated carbocycles. The van der Waals surface area contributed by atoms with E-state index in [2.05, 4.69) is 44.0 Å². The van der Waals surface area contributed by atoms with Crippen molar-refractivity contribution < 1.29 is 4.74 Å². The summed E-state index contributed by atoms with van der Waals surface area (Å²) in [6.07, 6.45) is 0.615. The summed E-state index contributed by atoms with van der Waals surface area (Å²) in [7, 11) is 0. The van der Waals surface area contributed by atoms with E-state index in [-0.39, 0.29) is 17.6 Å². The minimum atomic E-state index is 0.0472. The molecule has 0 aliphatic carbocycles. The van der Waals surface area contributed by atoms with Crippen LogP contribution in [0, 0.1) is 11.3 Å². The van der Waals surface area contributed by atoms with Crippen LogP contribution in [0.1, 0.15) is 50.9 Å². The van der Waals surface area contributed by atoms with Crippen LogP contribution >= 0.6 is 11.3 Å². The molecule has 1 aliphatic heterocycles. The Labute approximate surface area is 125 Å². The molecule has 1 fully saturated rings. The number of thiazole rings is 1. The van der Waals surface area contributed by atoms with Crippen LogP contribution in [0.25, 0.3) is 0 Å². The van der Waals surface area contributed by atoms with Crippen LogP contribution in [-0.2, 0) is 10.2 Å². The highest BCUT2D eigenvalue weighted by molar-refractivity contribution is 7.09. The van der Waals surface area contributed by atoms with Gasteiger partial charge in [-0.2, -0.15) is 5.26 Å². The van der Waals surface area contributed by atoms with E-state index >= 15 is 0 Å². The molecule has 2 heterocycles. The molecule has 2 rings (SSSR count). The van der Waals surface area contributed by atoms with Crippen LogP contribution in [0.3, 0.4) is 0 Å². The van der Waals surface area contributed by atoms with E-state index in [1.807, 2.05) is 0 Å². The average Bonchev–Trinajstić information content (AvgIpc) is 2.89. The predicted molar refractivity (Wildman–Crippen MR) is 80.8 cm³/mol. The summed E-state index contributed by atoms with van der Waals surface area (Å²) < 4.78 is 5.87. The summed E-state index contributed by atoms with van der Waals surface area (Å²) in [5, 5.41) is 12.0. The highest BCUT2D eigenvalue weighted by atomic mass is 32.1. The summed E-state index contributed by atoms with van der Waals surface area (Å²) in [6, 6.07) is 2.53. The standard InChI is InChI=1S/C15H23N3OS/c1-11(5-6-16)18-7-8-19-12(9-18)14-17-13(10-20-14)15(2,3)4/h10-12H,5,7-9H2,1-4H3/t11-,12+/m0/s1. The van der Waals surface area contributed by atoms with Crippen molar-refractivity contribution in [2.24, 2.45) is 0 Å². The number of hydrogen-bond donors (Lipinski definition) is 0. The molecule has 2 atom stereocenters. The van der Waals surface area contributed by atoms with Gasteiger partial charge in [-0.05, 0) is 6.92 Å². The fourth-order valence-corrected chi connectivity index (χ4v) is 3.34. The van der Waals surface area contributed by atoms with E-state index in [9.17, 15) is 0 Å². The number of morpholine rings is 1. The topological polar surface area (TPSA) is 49.2 Å². The van der Waals surface area contributed by atoms with Crippen LogP contribution in [0.15, 0.2) is 5.38 Å². The second kappa shape index (κ2) is 6.21. The first-order valence-electron chi connectivity index (χ1n) is 7.10. The van der Waals surface area contributed by atoms with Crippen LogP contribution in [0.2, 0.25) is 0 Å². The lowest BCUT2D eigenvalue weighted by Crippen LogP contribution is -2.43. The lowest BCUT2D eigenvalue weighted by molar-refractivity contribution is -0.0421. The van der Waals surface area contributed by atoms with E-state index in [4.69, 9.17) is 15.0 Å². The van der Waals surface area contributed by atoms with Gasteiger partial charge in [-0.15, -0.1) is 11.3 Å². The number of ether oxygens (including phenoxy) is 1. The van der Waals surface area contributed by atoms with Crippen LogP contribution in [0.4, 0.5) is 0 Å². The summed E-state index contributed by atoms with van der Waals surface area (Å²) >= 11 is 1.68. The summed E-state index contributed by atoms with van der Waals surface area (Å²) in [5.74, 6) is 0. The third-order valence-corrected chi connectivity index (χ3v) is 4.61. The van der Waals surface area contributed by atoms with Crippen molar-refractivity contribution in [3.05, 3.63) is 16.1 Å². The molecule has 0 bridgehead atoms. The van der Waals surface area contributed by atoms with Gasteiger partial charge in [0.25, 0.3) is 0 Å². The number of hydrogen-bond acceptors (Lipinski definition) is 5. The summed E-state index contributed by atoms with van der Waals surface area (Å²) in [4.78, 5) is 7.08. The van der Waals surface area contributed by atoms with E-state index in [0.29, 0.717) is 13.0 Å². The first kappa shape index (κ1) is 15.4. The van der Waals surface area contributed by atoms with E-state index < -0.39 is 0 Å². The molecule has 0 aromatic carbocycles. The van der Waals surface area contributed by atoms with Crippen LogP contribution < -0.4 is 0 Å². The van der Waals surface area contributed by atoms with Gasteiger partial charge in [0.1, 0.15) is 11.1 Å². The maximum atomic E-state index is 8.82. The average molecular weight is 293 g/mol. The van der Waals surface area contributed by atoms with Gasteiger partial charge < -0.3 is 4.74 Å². The Kier molecular flexibility index (Phi) is 4.79. The first-order chi connectivity index (χ1) is 9.41. The number of nitriles is 1. The molecule has 1 aliphatic rings. The Hall–Kier alpha value is -0.960. The molecular weight excluding hydrogens is 270 g/mol. The third kappa shape index (κ3) is 3.57. The number of nitrogens with zero attached hydrogens (tertiary/aromatic N) is 3. The highest BCUT2D eigenvalue weighted by Gasteiger charge is 2.28. The Bertz CT molecular complexity index is 486. The first-order valence-corrected chi connectivity index (χ1v) is 7.98. The van der Waals surface area contributed by atoms with Gasteiger partial charge >= 0.3 is 0 Å². The minimum Gasteiger partial charge on any atom is -0.368 e. The molecule has 1 saturated heterocycles. The van der Waals surface area contributed by atoms with Gasteiger partial charge in [0.2, 0.25) is 0 Å². The molecule has 1 aromatic heterocycles. The van der Waals surface area contributed by atoms with Crippen molar-refractivity contribution in [2.75, 3.05) is 19.7 Å². The molecule has 0 spiro atoms. The van der Waals surface area contributed by atoms with Gasteiger partial charge in [0.15, 0.2) is 0 Å². The van der Waals surface area contributed by atoms with Gasteiger partial charge in [0, 0.05) is 29.9 Å². The van der Waals surface area contributed by atoms with Crippen molar-refractivity contribution in [3.8, 4) is 6.07 Å². The van der Waals surface area contributed by atoms with E-state index in [1.54, 1.807) is 11.3 Å². The zero-order chi connectivity index (χ0) is 14.8. The van der Waals surface area contributed by atoms with E-state index in [1.165, 1.54) is 0 Å². The van der Waals surface area contributed by atoms with Crippen molar-refractivity contribution in [1.82, 2.24) is 9.88 Å². The second-order valence-corrected chi connectivity index (χ2v) is 7.28. The zero-order valence-electron chi connectivity index (χ0n) is 12.7. The molecule has 4 nitrogen and oxygen atoms in total. The molecule has 110 valence electrons. The number of aromatic nitrogens is 1. The third-order valence-electron chi connectivity index (χ3n) is 3.67. The Morgan fingerprint density at radius 1 is 1.60 bits per heavy atom. The molecule has 1 aromatic rings. The maximum Gasteiger partial charge on any atom is 0.123 e. The van der Waals surface area contributed by atoms with E-state index in [0.717, 1.165) is 23.8 Å². The maximum absolute atomic E-state index is 8.82. The smallest absolute Gasteiger partial charge is 0.123 e. The van der Waals surface area contributed by atoms with Gasteiger partial charge in [-0.1, -0.05) is 20.8 Å². The normalized spacial score (nSPS) is 22.4. The molecular formula is C15H23N3OS. The summed E-state index contributed by atoms with van der Waals surface area (Å²) in [6.45, 7) is 11.1. The fraction of sp³-hybridized carbons (Fsp3) is 0.733. The van der Waals surface area contributed by atoms with Gasteiger partial charge in [-0.25, -0.2) is 4.98 Å². The summed E-state index contributed by atoms with van der Waals surface area (Å²) in [5.41, 5.74) is 1.21. The van der Waals surface area contributed by atoms with Crippen molar-refractivity contribution in [1.29, 1.82) is 5.26 Å². The van der Waals surface area contributed by atoms with Crippen LogP contribution in [-0.4, -0.2) is 35.6 Å². The van der Waals surface area contributed by atoms with Crippen molar-refractivity contribution in [3.63, 3.8) is 0 Å². The van der Waals surface area contributed by atoms with Crippen molar-refractivity contribution >= 4 is 11.3 Å². The largest absolute Gasteiger partial charge is 0.368 e. The number of rotatable bonds is 3.